The van der Waals surface area contributed by atoms with Crippen LogP contribution in [0.4, 0.5) is 5.88 Å². The summed E-state index contributed by atoms with van der Waals surface area (Å²) in [4.78, 5) is 0.0901. The van der Waals surface area contributed by atoms with Gasteiger partial charge in [0.2, 0.25) is 5.88 Å². The number of halogens is 1. The first kappa shape index (κ1) is 14.6. The van der Waals surface area contributed by atoms with Crippen LogP contribution >= 0.6 is 11.6 Å². The number of hydrogen-bond donors (Lipinski definition) is 1. The van der Waals surface area contributed by atoms with Gasteiger partial charge in [-0.3, -0.25) is 0 Å². The molecule has 1 heterocycles. The molecule has 0 saturated carbocycles. The van der Waals surface area contributed by atoms with Gasteiger partial charge in [0.05, 0.1) is 16.7 Å². The van der Waals surface area contributed by atoms with Crippen molar-refractivity contribution in [2.75, 3.05) is 4.72 Å². The molecule has 3 rings (SSSR count). The SMILES string of the molecule is O=S(=O)(Nc1oncc1-c1ccccc1)c1ccc(Cl)cc1. The van der Waals surface area contributed by atoms with Gasteiger partial charge in [0.1, 0.15) is 0 Å². The molecule has 2 aromatic carbocycles. The van der Waals surface area contributed by atoms with Crippen molar-refractivity contribution in [1.29, 1.82) is 0 Å². The van der Waals surface area contributed by atoms with E-state index in [1.807, 2.05) is 30.3 Å². The summed E-state index contributed by atoms with van der Waals surface area (Å²) in [7, 11) is -3.77. The fraction of sp³-hybridized carbons (Fsp3) is 0. The lowest BCUT2D eigenvalue weighted by Crippen LogP contribution is -2.12. The molecule has 0 radical (unpaired) electrons. The zero-order chi connectivity index (χ0) is 15.6. The Morgan fingerprint density at radius 2 is 1.68 bits per heavy atom. The molecule has 0 aliphatic carbocycles. The van der Waals surface area contributed by atoms with Crippen LogP contribution in [0, 0.1) is 0 Å². The van der Waals surface area contributed by atoms with E-state index < -0.39 is 10.0 Å². The number of nitrogens with one attached hydrogen (secondary N) is 1. The second-order valence-electron chi connectivity index (χ2n) is 4.49. The topological polar surface area (TPSA) is 72.2 Å². The van der Waals surface area contributed by atoms with Gasteiger partial charge in [-0.05, 0) is 29.8 Å². The molecule has 0 amide bonds. The van der Waals surface area contributed by atoms with Gasteiger partial charge in [0.25, 0.3) is 10.0 Å². The van der Waals surface area contributed by atoms with E-state index >= 15 is 0 Å². The fourth-order valence-corrected chi connectivity index (χ4v) is 3.06. The summed E-state index contributed by atoms with van der Waals surface area (Å²) in [6, 6.07) is 15.1. The molecule has 0 spiro atoms. The Balaban J connectivity index is 1.94. The van der Waals surface area contributed by atoms with Crippen molar-refractivity contribution in [1.82, 2.24) is 5.16 Å². The Morgan fingerprint density at radius 1 is 1.00 bits per heavy atom. The highest BCUT2D eigenvalue weighted by Gasteiger charge is 2.19. The average molecular weight is 335 g/mol. The third-order valence-corrected chi connectivity index (χ3v) is 4.61. The van der Waals surface area contributed by atoms with Crippen LogP contribution in [-0.4, -0.2) is 13.6 Å². The van der Waals surface area contributed by atoms with Gasteiger partial charge >= 0.3 is 0 Å². The molecule has 1 N–H and O–H groups in total. The first-order valence-electron chi connectivity index (χ1n) is 6.35. The number of sulfonamides is 1. The molecule has 0 bridgehead atoms. The summed E-state index contributed by atoms with van der Waals surface area (Å²) in [5, 5.41) is 4.13. The largest absolute Gasteiger partial charge is 0.337 e. The van der Waals surface area contributed by atoms with Gasteiger partial charge in [-0.1, -0.05) is 47.1 Å². The van der Waals surface area contributed by atoms with Crippen LogP contribution < -0.4 is 4.72 Å². The molecule has 3 aromatic rings. The van der Waals surface area contributed by atoms with E-state index in [-0.39, 0.29) is 10.8 Å². The standard InChI is InChI=1S/C15H11ClN2O3S/c16-12-6-8-13(9-7-12)22(19,20)18-15-14(10-17-21-15)11-4-2-1-3-5-11/h1-10,18H. The molecule has 22 heavy (non-hydrogen) atoms. The lowest BCUT2D eigenvalue weighted by molar-refractivity contribution is 0.435. The maximum atomic E-state index is 12.4. The van der Waals surface area contributed by atoms with Crippen molar-refractivity contribution in [3.63, 3.8) is 0 Å². The zero-order valence-electron chi connectivity index (χ0n) is 11.2. The molecular formula is C15H11ClN2O3S. The summed E-state index contributed by atoms with van der Waals surface area (Å²) < 4.78 is 32.1. The Hall–Kier alpha value is -2.31. The highest BCUT2D eigenvalue weighted by atomic mass is 35.5. The minimum atomic E-state index is -3.77. The van der Waals surface area contributed by atoms with Gasteiger partial charge < -0.3 is 4.52 Å². The number of benzene rings is 2. The third kappa shape index (κ3) is 2.98. The Morgan fingerprint density at radius 3 is 2.36 bits per heavy atom. The normalized spacial score (nSPS) is 11.3. The third-order valence-electron chi connectivity index (χ3n) is 3.01. The average Bonchev–Trinajstić information content (AvgIpc) is 2.96. The van der Waals surface area contributed by atoms with Gasteiger partial charge in [0.15, 0.2) is 0 Å². The van der Waals surface area contributed by atoms with Gasteiger partial charge in [-0.25, -0.2) is 13.1 Å². The maximum absolute atomic E-state index is 12.4. The molecule has 112 valence electrons. The van der Waals surface area contributed by atoms with Gasteiger partial charge in [-0.2, -0.15) is 0 Å². The predicted molar refractivity (Wildman–Crippen MR) is 84.2 cm³/mol. The molecule has 7 heteroatoms. The Bertz CT molecular complexity index is 875. The summed E-state index contributed by atoms with van der Waals surface area (Å²) in [6.45, 7) is 0. The number of aromatic nitrogens is 1. The van der Waals surface area contributed by atoms with E-state index in [9.17, 15) is 8.42 Å². The van der Waals surface area contributed by atoms with Crippen LogP contribution in [0.2, 0.25) is 5.02 Å². The first-order valence-corrected chi connectivity index (χ1v) is 8.21. The molecule has 0 atom stereocenters. The number of anilines is 1. The van der Waals surface area contributed by atoms with E-state index in [4.69, 9.17) is 16.1 Å². The molecule has 1 aromatic heterocycles. The van der Waals surface area contributed by atoms with E-state index in [2.05, 4.69) is 9.88 Å². The Labute approximate surface area is 132 Å². The van der Waals surface area contributed by atoms with Crippen LogP contribution in [0.1, 0.15) is 0 Å². The molecule has 0 aliphatic rings. The zero-order valence-corrected chi connectivity index (χ0v) is 12.8. The van der Waals surface area contributed by atoms with Crippen molar-refractivity contribution in [3.8, 4) is 11.1 Å². The molecule has 0 unspecified atom stereocenters. The van der Waals surface area contributed by atoms with Crippen molar-refractivity contribution >= 4 is 27.5 Å². The van der Waals surface area contributed by atoms with E-state index in [0.717, 1.165) is 5.56 Å². The van der Waals surface area contributed by atoms with Crippen molar-refractivity contribution in [3.05, 3.63) is 65.8 Å². The summed E-state index contributed by atoms with van der Waals surface area (Å²) in [5.74, 6) is 0.0705. The van der Waals surface area contributed by atoms with E-state index in [1.54, 1.807) is 0 Å². The fourth-order valence-electron chi connectivity index (χ4n) is 1.93. The monoisotopic (exact) mass is 334 g/mol. The van der Waals surface area contributed by atoms with Crippen LogP contribution in [0.25, 0.3) is 11.1 Å². The van der Waals surface area contributed by atoms with Gasteiger partial charge in [-0.15, -0.1) is 0 Å². The predicted octanol–water partition coefficient (Wildman–Crippen LogP) is 3.80. The summed E-state index contributed by atoms with van der Waals surface area (Å²) >= 11 is 5.77. The maximum Gasteiger partial charge on any atom is 0.264 e. The Kier molecular flexibility index (Phi) is 3.87. The second kappa shape index (κ2) is 5.82. The molecular weight excluding hydrogens is 324 g/mol. The van der Waals surface area contributed by atoms with Gasteiger partial charge in [0, 0.05) is 5.02 Å². The number of hydrogen-bond acceptors (Lipinski definition) is 4. The van der Waals surface area contributed by atoms with Crippen molar-refractivity contribution in [2.24, 2.45) is 0 Å². The molecule has 0 aliphatic heterocycles. The van der Waals surface area contributed by atoms with Crippen LogP contribution in [0.5, 0.6) is 0 Å². The highest BCUT2D eigenvalue weighted by Crippen LogP contribution is 2.29. The highest BCUT2D eigenvalue weighted by molar-refractivity contribution is 7.92. The lowest BCUT2D eigenvalue weighted by atomic mass is 10.1. The number of nitrogens with zero attached hydrogens (tertiary/aromatic N) is 1. The second-order valence-corrected chi connectivity index (χ2v) is 6.61. The smallest absolute Gasteiger partial charge is 0.264 e. The minimum absolute atomic E-state index is 0.0705. The summed E-state index contributed by atoms with van der Waals surface area (Å²) in [6.07, 6.45) is 1.47. The lowest BCUT2D eigenvalue weighted by Gasteiger charge is -2.07. The molecule has 5 nitrogen and oxygen atoms in total. The van der Waals surface area contributed by atoms with Crippen molar-refractivity contribution < 1.29 is 12.9 Å². The molecule has 0 saturated heterocycles. The minimum Gasteiger partial charge on any atom is -0.337 e. The summed E-state index contributed by atoms with van der Waals surface area (Å²) in [5.41, 5.74) is 1.37. The van der Waals surface area contributed by atoms with Crippen LogP contribution in [0.15, 0.2) is 70.2 Å². The van der Waals surface area contributed by atoms with Crippen molar-refractivity contribution in [2.45, 2.75) is 4.90 Å². The van der Waals surface area contributed by atoms with E-state index in [1.165, 1.54) is 30.5 Å². The number of rotatable bonds is 4. The van der Waals surface area contributed by atoms with Crippen LogP contribution in [0.3, 0.4) is 0 Å². The van der Waals surface area contributed by atoms with E-state index in [0.29, 0.717) is 10.6 Å². The van der Waals surface area contributed by atoms with Crippen LogP contribution in [-0.2, 0) is 10.0 Å². The first-order chi connectivity index (χ1) is 10.6. The quantitative estimate of drug-likeness (QED) is 0.787. The molecule has 0 fully saturated rings.